The molecule has 4 heteroatoms. The van der Waals surface area contributed by atoms with E-state index in [4.69, 9.17) is 11.6 Å². The lowest BCUT2D eigenvalue weighted by Crippen LogP contribution is -2.07. The summed E-state index contributed by atoms with van der Waals surface area (Å²) in [6, 6.07) is 24.3. The van der Waals surface area contributed by atoms with Crippen LogP contribution in [-0.2, 0) is 0 Å². The molecule has 3 aromatic carbocycles. The molecule has 0 saturated carbocycles. The van der Waals surface area contributed by atoms with E-state index in [1.54, 1.807) is 24.3 Å². The molecule has 0 spiro atoms. The Balaban J connectivity index is 1.89. The van der Waals surface area contributed by atoms with Crippen LogP contribution in [0.2, 0.25) is 5.02 Å². The van der Waals surface area contributed by atoms with Gasteiger partial charge < -0.3 is 0 Å². The number of hydrogen-bond acceptors (Lipinski definition) is 3. The van der Waals surface area contributed by atoms with Crippen LogP contribution in [0.15, 0.2) is 78.9 Å². The summed E-state index contributed by atoms with van der Waals surface area (Å²) in [4.78, 5) is 12.9. The van der Waals surface area contributed by atoms with Gasteiger partial charge in [0.2, 0.25) is 5.78 Å². The predicted molar refractivity (Wildman–Crippen MR) is 99.9 cm³/mol. The first kappa shape index (κ1) is 15.5. The molecule has 3 nitrogen and oxygen atoms in total. The van der Waals surface area contributed by atoms with Gasteiger partial charge in [-0.15, -0.1) is 10.2 Å². The number of aromatic nitrogens is 2. The van der Waals surface area contributed by atoms with E-state index in [2.05, 4.69) is 10.2 Å². The van der Waals surface area contributed by atoms with E-state index in [1.807, 2.05) is 54.6 Å². The maximum atomic E-state index is 12.9. The lowest BCUT2D eigenvalue weighted by atomic mass is 10.00. The number of ketones is 1. The monoisotopic (exact) mass is 344 g/mol. The second kappa shape index (κ2) is 6.46. The lowest BCUT2D eigenvalue weighted by Gasteiger charge is -2.09. The lowest BCUT2D eigenvalue weighted by molar-refractivity contribution is 0.103. The summed E-state index contributed by atoms with van der Waals surface area (Å²) in [7, 11) is 0. The Hall–Kier alpha value is -3.04. The smallest absolute Gasteiger partial charge is 0.213 e. The second-order valence-corrected chi connectivity index (χ2v) is 6.08. The number of nitrogens with zero attached hydrogens (tertiary/aromatic N) is 2. The first-order chi connectivity index (χ1) is 12.2. The van der Waals surface area contributed by atoms with Crippen molar-refractivity contribution in [2.45, 2.75) is 0 Å². The molecule has 0 fully saturated rings. The summed E-state index contributed by atoms with van der Waals surface area (Å²) in [6.45, 7) is 0. The number of halogens is 1. The number of fused-ring (bicyclic) bond motifs is 1. The fourth-order valence-corrected chi connectivity index (χ4v) is 2.94. The average molecular weight is 345 g/mol. The Labute approximate surface area is 149 Å². The average Bonchev–Trinajstić information content (AvgIpc) is 2.68. The number of hydrogen-bond donors (Lipinski definition) is 0. The summed E-state index contributed by atoms with van der Waals surface area (Å²) >= 11 is 5.91. The van der Waals surface area contributed by atoms with E-state index < -0.39 is 0 Å². The van der Waals surface area contributed by atoms with Gasteiger partial charge in [0, 0.05) is 26.9 Å². The summed E-state index contributed by atoms with van der Waals surface area (Å²) in [5.74, 6) is -0.167. The van der Waals surface area contributed by atoms with E-state index in [-0.39, 0.29) is 5.78 Å². The highest BCUT2D eigenvalue weighted by atomic mass is 35.5. The molecule has 0 bridgehead atoms. The van der Waals surface area contributed by atoms with E-state index in [0.29, 0.717) is 16.3 Å². The zero-order chi connectivity index (χ0) is 17.2. The van der Waals surface area contributed by atoms with Crippen molar-refractivity contribution in [1.29, 1.82) is 0 Å². The van der Waals surface area contributed by atoms with Crippen LogP contribution in [0.4, 0.5) is 0 Å². The van der Waals surface area contributed by atoms with E-state index in [0.717, 1.165) is 22.0 Å². The van der Waals surface area contributed by atoms with Gasteiger partial charge >= 0.3 is 0 Å². The van der Waals surface area contributed by atoms with Crippen molar-refractivity contribution in [3.63, 3.8) is 0 Å². The van der Waals surface area contributed by atoms with Crippen molar-refractivity contribution in [2.24, 2.45) is 0 Å². The van der Waals surface area contributed by atoms with Gasteiger partial charge in [-0.1, -0.05) is 66.2 Å². The van der Waals surface area contributed by atoms with Crippen LogP contribution in [0.5, 0.6) is 0 Å². The van der Waals surface area contributed by atoms with E-state index >= 15 is 0 Å². The molecule has 0 aliphatic heterocycles. The molecule has 0 aliphatic rings. The van der Waals surface area contributed by atoms with Crippen LogP contribution in [-0.4, -0.2) is 16.0 Å². The zero-order valence-corrected chi connectivity index (χ0v) is 13.9. The SMILES string of the molecule is O=C(c1ccc(Cl)cc1)c1nnc(-c2ccccc2)c2ccccc12. The van der Waals surface area contributed by atoms with Gasteiger partial charge in [0.15, 0.2) is 0 Å². The Bertz CT molecular complexity index is 1060. The van der Waals surface area contributed by atoms with Crippen LogP contribution in [0.25, 0.3) is 22.0 Å². The van der Waals surface area contributed by atoms with Gasteiger partial charge in [0.1, 0.15) is 11.4 Å². The molecule has 0 atom stereocenters. The molecule has 25 heavy (non-hydrogen) atoms. The molecule has 1 heterocycles. The molecule has 0 saturated heterocycles. The normalized spacial score (nSPS) is 10.8. The molecule has 0 amide bonds. The number of carbonyl (C=O) groups is 1. The van der Waals surface area contributed by atoms with Gasteiger partial charge in [-0.05, 0) is 24.3 Å². The standard InChI is InChI=1S/C21H13ClN2O/c22-16-12-10-15(11-13-16)21(25)20-18-9-5-4-8-17(18)19(23-24-20)14-6-2-1-3-7-14/h1-13H. The molecule has 120 valence electrons. The number of benzene rings is 3. The Morgan fingerprint density at radius 3 is 2.08 bits per heavy atom. The minimum absolute atomic E-state index is 0.167. The minimum atomic E-state index is -0.167. The minimum Gasteiger partial charge on any atom is -0.287 e. The number of rotatable bonds is 3. The molecule has 0 N–H and O–H groups in total. The van der Waals surface area contributed by atoms with Gasteiger partial charge in [-0.2, -0.15) is 0 Å². The largest absolute Gasteiger partial charge is 0.287 e. The predicted octanol–water partition coefficient (Wildman–Crippen LogP) is 5.18. The molecule has 4 rings (SSSR count). The summed E-state index contributed by atoms with van der Waals surface area (Å²) in [6.07, 6.45) is 0. The highest BCUT2D eigenvalue weighted by Crippen LogP contribution is 2.28. The maximum Gasteiger partial charge on any atom is 0.213 e. The van der Waals surface area contributed by atoms with Crippen LogP contribution >= 0.6 is 11.6 Å². The van der Waals surface area contributed by atoms with Gasteiger partial charge in [-0.3, -0.25) is 4.79 Å². The van der Waals surface area contributed by atoms with Crippen LogP contribution in [0, 0.1) is 0 Å². The Kier molecular flexibility index (Phi) is 4.00. The fourth-order valence-electron chi connectivity index (χ4n) is 2.82. The topological polar surface area (TPSA) is 42.9 Å². The van der Waals surface area contributed by atoms with Crippen molar-refractivity contribution in [1.82, 2.24) is 10.2 Å². The van der Waals surface area contributed by atoms with E-state index in [9.17, 15) is 4.79 Å². The molecule has 0 unspecified atom stereocenters. The van der Waals surface area contributed by atoms with Crippen molar-refractivity contribution in [3.8, 4) is 11.3 Å². The third-order valence-corrected chi connectivity index (χ3v) is 4.31. The molecule has 4 aromatic rings. The Morgan fingerprint density at radius 2 is 1.36 bits per heavy atom. The van der Waals surface area contributed by atoms with Crippen LogP contribution < -0.4 is 0 Å². The first-order valence-corrected chi connectivity index (χ1v) is 8.23. The fraction of sp³-hybridized carbons (Fsp3) is 0. The van der Waals surface area contributed by atoms with Gasteiger partial charge in [-0.25, -0.2) is 0 Å². The summed E-state index contributed by atoms with van der Waals surface area (Å²) in [5.41, 5.74) is 2.62. The van der Waals surface area contributed by atoms with Crippen molar-refractivity contribution < 1.29 is 4.79 Å². The molecular weight excluding hydrogens is 332 g/mol. The second-order valence-electron chi connectivity index (χ2n) is 5.64. The van der Waals surface area contributed by atoms with Crippen molar-refractivity contribution in [3.05, 3.63) is 95.1 Å². The molecule has 1 aromatic heterocycles. The quantitative estimate of drug-likeness (QED) is 0.481. The number of carbonyl (C=O) groups excluding carboxylic acids is 1. The maximum absolute atomic E-state index is 12.9. The third kappa shape index (κ3) is 2.90. The van der Waals surface area contributed by atoms with Crippen LogP contribution in [0.1, 0.15) is 16.1 Å². The highest BCUT2D eigenvalue weighted by molar-refractivity contribution is 6.30. The Morgan fingerprint density at radius 1 is 0.720 bits per heavy atom. The van der Waals surface area contributed by atoms with E-state index in [1.165, 1.54) is 0 Å². The van der Waals surface area contributed by atoms with Gasteiger partial charge in [0.25, 0.3) is 0 Å². The molecule has 0 radical (unpaired) electrons. The highest BCUT2D eigenvalue weighted by Gasteiger charge is 2.17. The van der Waals surface area contributed by atoms with Crippen molar-refractivity contribution >= 4 is 28.2 Å². The first-order valence-electron chi connectivity index (χ1n) is 7.85. The molecule has 0 aliphatic carbocycles. The summed E-state index contributed by atoms with van der Waals surface area (Å²) in [5, 5.41) is 10.9. The van der Waals surface area contributed by atoms with Crippen LogP contribution in [0.3, 0.4) is 0 Å². The van der Waals surface area contributed by atoms with Gasteiger partial charge in [0.05, 0.1) is 0 Å². The molecular formula is C21H13ClN2O. The van der Waals surface area contributed by atoms with Crippen molar-refractivity contribution in [2.75, 3.05) is 0 Å². The third-order valence-electron chi connectivity index (χ3n) is 4.06. The summed E-state index contributed by atoms with van der Waals surface area (Å²) < 4.78 is 0. The zero-order valence-electron chi connectivity index (χ0n) is 13.2.